The number of likely N-dealkylation sites (N-methyl/N-ethyl adjacent to an activating group) is 1. The van der Waals surface area contributed by atoms with E-state index in [1.54, 1.807) is 0 Å². The third-order valence-corrected chi connectivity index (χ3v) is 5.27. The molecule has 1 fully saturated rings. The molecule has 1 atom stereocenters. The Hall–Kier alpha value is -1.88. The topological polar surface area (TPSA) is 27.7 Å². The van der Waals surface area contributed by atoms with Gasteiger partial charge in [-0.3, -0.25) is 0 Å². The highest BCUT2D eigenvalue weighted by atomic mass is 16.5. The summed E-state index contributed by atoms with van der Waals surface area (Å²) in [4.78, 5) is 4.92. The number of benzene rings is 2. The van der Waals surface area contributed by atoms with Crippen molar-refractivity contribution in [3.05, 3.63) is 65.7 Å². The molecule has 2 aromatic rings. The molecule has 0 aliphatic carbocycles. The molecule has 4 heteroatoms. The van der Waals surface area contributed by atoms with E-state index < -0.39 is 0 Å². The van der Waals surface area contributed by atoms with Gasteiger partial charge in [-0.2, -0.15) is 0 Å². The monoisotopic (exact) mass is 367 g/mol. The van der Waals surface area contributed by atoms with Crippen molar-refractivity contribution < 1.29 is 4.74 Å². The average molecular weight is 368 g/mol. The molecule has 4 nitrogen and oxygen atoms in total. The highest BCUT2D eigenvalue weighted by molar-refractivity contribution is 5.48. The Morgan fingerprint density at radius 3 is 2.67 bits per heavy atom. The zero-order valence-corrected chi connectivity index (χ0v) is 16.7. The fourth-order valence-corrected chi connectivity index (χ4v) is 3.63. The smallest absolute Gasteiger partial charge is 0.0841 e. The van der Waals surface area contributed by atoms with E-state index in [1.807, 2.05) is 7.05 Å². The lowest BCUT2D eigenvalue weighted by atomic mass is 10.1. The predicted octanol–water partition coefficient (Wildman–Crippen LogP) is 3.70. The second-order valence-corrected chi connectivity index (χ2v) is 7.42. The first kappa shape index (κ1) is 19.9. The van der Waals surface area contributed by atoms with Crippen LogP contribution < -0.4 is 10.2 Å². The minimum Gasteiger partial charge on any atom is -0.370 e. The van der Waals surface area contributed by atoms with E-state index in [1.165, 1.54) is 29.8 Å². The summed E-state index contributed by atoms with van der Waals surface area (Å²) in [7, 11) is 4.20. The second-order valence-electron chi connectivity index (χ2n) is 7.42. The van der Waals surface area contributed by atoms with E-state index in [4.69, 9.17) is 4.74 Å². The van der Waals surface area contributed by atoms with Gasteiger partial charge in [0, 0.05) is 25.3 Å². The minimum absolute atomic E-state index is 0.120. The summed E-state index contributed by atoms with van der Waals surface area (Å²) in [6.07, 6.45) is 2.31. The third kappa shape index (κ3) is 6.06. The van der Waals surface area contributed by atoms with Gasteiger partial charge in [0.15, 0.2) is 0 Å². The summed E-state index contributed by atoms with van der Waals surface area (Å²) in [5, 5.41) is 3.24. The van der Waals surface area contributed by atoms with Gasteiger partial charge in [0.2, 0.25) is 0 Å². The molecule has 1 N–H and O–H groups in total. The molecule has 0 saturated carbocycles. The predicted molar refractivity (Wildman–Crippen MR) is 113 cm³/mol. The number of nitrogens with one attached hydrogen (secondary N) is 1. The lowest BCUT2D eigenvalue weighted by Gasteiger charge is -2.24. The normalized spacial score (nSPS) is 16.9. The van der Waals surface area contributed by atoms with E-state index >= 15 is 0 Å². The van der Waals surface area contributed by atoms with Crippen molar-refractivity contribution in [1.29, 1.82) is 0 Å². The van der Waals surface area contributed by atoms with Crippen molar-refractivity contribution in [3.8, 4) is 0 Å². The molecule has 0 unspecified atom stereocenters. The van der Waals surface area contributed by atoms with E-state index in [0.717, 1.165) is 32.6 Å². The summed E-state index contributed by atoms with van der Waals surface area (Å²) in [6.45, 7) is 6.12. The Balaban J connectivity index is 1.64. The van der Waals surface area contributed by atoms with Crippen molar-refractivity contribution in [2.24, 2.45) is 0 Å². The summed E-state index contributed by atoms with van der Waals surface area (Å²) >= 11 is 0. The minimum atomic E-state index is 0.120. The van der Waals surface area contributed by atoms with E-state index in [2.05, 4.69) is 76.8 Å². The summed E-state index contributed by atoms with van der Waals surface area (Å²) < 4.78 is 6.33. The number of anilines is 1. The molecule has 1 aliphatic rings. The van der Waals surface area contributed by atoms with Gasteiger partial charge in [-0.1, -0.05) is 42.5 Å². The first-order chi connectivity index (χ1) is 13.3. The average Bonchev–Trinajstić information content (AvgIpc) is 2.93. The molecule has 146 valence electrons. The van der Waals surface area contributed by atoms with Crippen LogP contribution >= 0.6 is 0 Å². The molecule has 0 spiro atoms. The fraction of sp³-hybridized carbons (Fsp3) is 0.478. The van der Waals surface area contributed by atoms with Gasteiger partial charge < -0.3 is 19.9 Å². The van der Waals surface area contributed by atoms with Gasteiger partial charge in [-0.25, -0.2) is 0 Å². The molecule has 0 amide bonds. The maximum Gasteiger partial charge on any atom is 0.0841 e. The van der Waals surface area contributed by atoms with Crippen molar-refractivity contribution in [1.82, 2.24) is 10.2 Å². The van der Waals surface area contributed by atoms with E-state index in [-0.39, 0.29) is 6.10 Å². The molecule has 1 saturated heterocycles. The Bertz CT molecular complexity index is 676. The molecule has 0 radical (unpaired) electrons. The van der Waals surface area contributed by atoms with Crippen LogP contribution in [0.1, 0.15) is 30.1 Å². The van der Waals surface area contributed by atoms with Gasteiger partial charge in [0.1, 0.15) is 0 Å². The first-order valence-corrected chi connectivity index (χ1v) is 10.1. The molecule has 0 aromatic heterocycles. The van der Waals surface area contributed by atoms with Gasteiger partial charge in [0.25, 0.3) is 0 Å². The van der Waals surface area contributed by atoms with Crippen molar-refractivity contribution in [2.45, 2.75) is 25.6 Å². The highest BCUT2D eigenvalue weighted by Crippen LogP contribution is 2.24. The fourth-order valence-electron chi connectivity index (χ4n) is 3.63. The highest BCUT2D eigenvalue weighted by Gasteiger charge is 2.14. The first-order valence-electron chi connectivity index (χ1n) is 10.1. The number of rotatable bonds is 8. The van der Waals surface area contributed by atoms with E-state index in [0.29, 0.717) is 6.61 Å². The Morgan fingerprint density at radius 2 is 1.85 bits per heavy atom. The largest absolute Gasteiger partial charge is 0.370 e. The van der Waals surface area contributed by atoms with Crippen LogP contribution in [0.15, 0.2) is 54.6 Å². The molecule has 0 bridgehead atoms. The second kappa shape index (κ2) is 10.5. The van der Waals surface area contributed by atoms with Gasteiger partial charge in [-0.05, 0) is 63.3 Å². The number of ether oxygens (including phenoxy) is 1. The lowest BCUT2D eigenvalue weighted by molar-refractivity contribution is 0.0344. The van der Waals surface area contributed by atoms with Crippen molar-refractivity contribution in [3.63, 3.8) is 0 Å². The van der Waals surface area contributed by atoms with Crippen LogP contribution in [-0.2, 0) is 11.3 Å². The van der Waals surface area contributed by atoms with Crippen molar-refractivity contribution in [2.75, 3.05) is 51.7 Å². The molecule has 2 aromatic carbocycles. The van der Waals surface area contributed by atoms with Crippen LogP contribution in [0.2, 0.25) is 0 Å². The van der Waals surface area contributed by atoms with Gasteiger partial charge >= 0.3 is 0 Å². The zero-order valence-electron chi connectivity index (χ0n) is 16.7. The maximum atomic E-state index is 6.33. The maximum absolute atomic E-state index is 6.33. The summed E-state index contributed by atoms with van der Waals surface area (Å²) in [5.41, 5.74) is 3.81. The van der Waals surface area contributed by atoms with Crippen LogP contribution in [0.3, 0.4) is 0 Å². The zero-order chi connectivity index (χ0) is 18.9. The quantitative estimate of drug-likeness (QED) is 0.770. The summed E-state index contributed by atoms with van der Waals surface area (Å²) in [6, 6.07) is 19.4. The Morgan fingerprint density at radius 1 is 1.00 bits per heavy atom. The van der Waals surface area contributed by atoms with Crippen LogP contribution in [-0.4, -0.2) is 51.7 Å². The van der Waals surface area contributed by atoms with Gasteiger partial charge in [-0.15, -0.1) is 0 Å². The molecular weight excluding hydrogens is 334 g/mol. The van der Waals surface area contributed by atoms with Gasteiger partial charge in [0.05, 0.1) is 12.7 Å². The summed E-state index contributed by atoms with van der Waals surface area (Å²) in [5.74, 6) is 0. The molecular formula is C23H33N3O. The van der Waals surface area contributed by atoms with E-state index in [9.17, 15) is 0 Å². The number of nitrogens with zero attached hydrogens (tertiary/aromatic N) is 2. The van der Waals surface area contributed by atoms with Crippen molar-refractivity contribution >= 4 is 5.69 Å². The third-order valence-electron chi connectivity index (χ3n) is 5.27. The molecule has 1 aliphatic heterocycles. The number of hydrogen-bond donors (Lipinski definition) is 1. The van der Waals surface area contributed by atoms with Crippen LogP contribution in [0.25, 0.3) is 0 Å². The number of hydrogen-bond acceptors (Lipinski definition) is 4. The van der Waals surface area contributed by atoms with Crippen LogP contribution in [0, 0.1) is 0 Å². The van der Waals surface area contributed by atoms with Crippen LogP contribution in [0.5, 0.6) is 0 Å². The molecule has 1 heterocycles. The molecule has 3 rings (SSSR count). The standard InChI is InChI=1S/C23H33N3O/c1-24-13-12-23(21-9-4-3-5-10-21)27-19-20-8-6-11-22(18-20)26-15-7-14-25(2)16-17-26/h3-6,8-11,18,23-24H,7,12-17,19H2,1-2H3/t23-/m1/s1. The Labute approximate surface area is 164 Å². The molecule has 27 heavy (non-hydrogen) atoms. The lowest BCUT2D eigenvalue weighted by Crippen LogP contribution is -2.28. The SMILES string of the molecule is CNCC[C@@H](OCc1cccc(N2CCCN(C)CC2)c1)c1ccccc1. The van der Waals surface area contributed by atoms with Crippen LogP contribution in [0.4, 0.5) is 5.69 Å². The Kier molecular flexibility index (Phi) is 7.69.